The zero-order chi connectivity index (χ0) is 63.6. The number of oxazole rings is 2. The third kappa shape index (κ3) is 15.7. The van der Waals surface area contributed by atoms with Gasteiger partial charge in [0.2, 0.25) is 23.4 Å². The first-order chi connectivity index (χ1) is 41.2. The van der Waals surface area contributed by atoms with Crippen LogP contribution in [0.5, 0.6) is 0 Å². The molecule has 1 aliphatic rings. The van der Waals surface area contributed by atoms with Gasteiger partial charge >= 0.3 is 5.97 Å². The first kappa shape index (κ1) is 63.4. The lowest BCUT2D eigenvalue weighted by Gasteiger charge is -2.20. The van der Waals surface area contributed by atoms with Gasteiger partial charge in [-0.1, -0.05) is 52.5 Å². The van der Waals surface area contributed by atoms with Gasteiger partial charge in [-0.15, -0.1) is 34.0 Å². The molecule has 31 nitrogen and oxygen atoms in total. The quantitative estimate of drug-likeness (QED) is 0.0823. The maximum atomic E-state index is 13.9. The van der Waals surface area contributed by atoms with Crippen molar-refractivity contribution in [2.75, 3.05) is 0 Å². The van der Waals surface area contributed by atoms with Crippen LogP contribution in [0.1, 0.15) is 106 Å². The Kier molecular flexibility index (Phi) is 20.0. The number of carbonyl (C=O) groups is 11. The predicted octanol–water partition coefficient (Wildman–Crippen LogP) is 1.79. The fraction of sp³-hybridized carbons (Fsp3) is 0.151. The van der Waals surface area contributed by atoms with Gasteiger partial charge < -0.3 is 72.2 Å². The molecule has 87 heavy (non-hydrogen) atoms. The molecule has 6 aromatic heterocycles. The molecular weight excluding hydrogens is 1200 g/mol. The molecule has 0 fully saturated rings. The average molecular weight is 1250 g/mol. The largest absolute Gasteiger partial charge is 0.477 e. The summed E-state index contributed by atoms with van der Waals surface area (Å²) in [6.45, 7) is 25.3. The van der Waals surface area contributed by atoms with Crippen LogP contribution in [0.3, 0.4) is 0 Å². The topological polar surface area (TPSA) is 452 Å². The van der Waals surface area contributed by atoms with Crippen molar-refractivity contribution in [2.45, 2.75) is 51.9 Å². The molecular formula is C53H48N16O15S3. The maximum absolute atomic E-state index is 13.9. The number of allylic oxidation sites excluding steroid dienone is 1. The van der Waals surface area contributed by atoms with E-state index in [2.05, 4.69) is 112 Å². The number of thiazole rings is 3. The fourth-order valence-electron chi connectivity index (χ4n) is 6.95. The molecule has 1 aliphatic heterocycles. The molecule has 0 aliphatic carbocycles. The molecule has 0 aromatic carbocycles. The average Bonchev–Trinajstić information content (AvgIpc) is 2.00. The first-order valence-corrected chi connectivity index (χ1v) is 27.4. The van der Waals surface area contributed by atoms with Crippen LogP contribution < -0.4 is 53.2 Å². The number of hydrogen-bond acceptors (Lipinski definition) is 23. The van der Waals surface area contributed by atoms with Crippen molar-refractivity contribution in [1.82, 2.24) is 83.1 Å². The standard InChI is InChI=1S/C53H48N16O15S3/c1-10-11-30-50-56-14-33(84-50)45(77)55-17-36-54-15-34(86-36)46(78)63-25(7)51-57-16-35(87-51)47(79)61-23(5)41(73)62-24(6)49-67-31(18-83-49)38-28(52-68-32(19-85-52)44(76)69-37(27(9)70)48(80)66-30)12-13-29(65-38)43(75)60-22(4)40(72)58-20(2)39(71)59-21(3)42(74)64-26(8)53(81)82/h11-16,18-19,25,27,37,70H,2-6,8,10,17H2,1,7,9H3,(H,55,77)(H,58,72)(H,59,71)(H,60,75)(H,61,79)(H,62,73)(H,63,78)(H,64,74)(H,66,80)(H,69,76)(H,81,82). The minimum absolute atomic E-state index is 0.0174. The minimum Gasteiger partial charge on any atom is -0.477 e. The Morgan fingerprint density at radius 3 is 2.05 bits per heavy atom. The summed E-state index contributed by atoms with van der Waals surface area (Å²) < 4.78 is 11.4. The summed E-state index contributed by atoms with van der Waals surface area (Å²) in [5.74, 6) is -11.8. The van der Waals surface area contributed by atoms with E-state index in [1.165, 1.54) is 42.9 Å². The molecule has 10 amide bonds. The van der Waals surface area contributed by atoms with Gasteiger partial charge in [-0.05, 0) is 32.4 Å². The molecule has 0 saturated carbocycles. The van der Waals surface area contributed by atoms with Crippen molar-refractivity contribution in [2.24, 2.45) is 0 Å². The van der Waals surface area contributed by atoms with Gasteiger partial charge in [0.15, 0.2) is 0 Å². The number of rotatable bonds is 11. The number of carbonyl (C=O) groups excluding carboxylic acids is 10. The first-order valence-electron chi connectivity index (χ1n) is 24.8. The number of hydrogen-bond donors (Lipinski definition) is 12. The summed E-state index contributed by atoms with van der Waals surface area (Å²) in [6, 6.07) is 0.162. The second-order valence-corrected chi connectivity index (χ2v) is 20.9. The number of fused-ring (bicyclic) bond motifs is 13. The number of aliphatic carboxylic acids is 1. The van der Waals surface area contributed by atoms with Crippen LogP contribution in [0.2, 0.25) is 0 Å². The van der Waals surface area contributed by atoms with Gasteiger partial charge in [0.1, 0.15) is 71.3 Å². The van der Waals surface area contributed by atoms with Crippen LogP contribution in [-0.4, -0.2) is 117 Å². The molecule has 7 heterocycles. The third-order valence-corrected chi connectivity index (χ3v) is 14.4. The van der Waals surface area contributed by atoms with E-state index in [9.17, 15) is 57.8 Å². The van der Waals surface area contributed by atoms with Gasteiger partial charge in [-0.2, -0.15) is 0 Å². The van der Waals surface area contributed by atoms with Crippen molar-refractivity contribution in [3.8, 4) is 22.0 Å². The highest BCUT2D eigenvalue weighted by Crippen LogP contribution is 2.34. The lowest BCUT2D eigenvalue weighted by Crippen LogP contribution is -2.52. The van der Waals surface area contributed by atoms with E-state index < -0.39 is 117 Å². The van der Waals surface area contributed by atoms with E-state index in [1.54, 1.807) is 13.8 Å². The van der Waals surface area contributed by atoms with E-state index in [0.29, 0.717) is 16.4 Å². The van der Waals surface area contributed by atoms with E-state index >= 15 is 0 Å². The number of pyridine rings is 1. The molecule has 3 unspecified atom stereocenters. The zero-order valence-electron chi connectivity index (χ0n) is 45.6. The summed E-state index contributed by atoms with van der Waals surface area (Å²) in [7, 11) is 0. The second-order valence-electron chi connectivity index (χ2n) is 17.9. The normalized spacial score (nSPS) is 16.1. The fourth-order valence-corrected chi connectivity index (χ4v) is 9.35. The monoisotopic (exact) mass is 1240 g/mol. The number of nitrogens with one attached hydrogen (secondary N) is 10. The summed E-state index contributed by atoms with van der Waals surface area (Å²) >= 11 is 2.78. The maximum Gasteiger partial charge on any atom is 0.351 e. The number of aromatic nitrogens is 6. The lowest BCUT2D eigenvalue weighted by atomic mass is 10.1. The Labute approximate surface area is 502 Å². The summed E-state index contributed by atoms with van der Waals surface area (Å²) in [6.07, 6.45) is 5.01. The number of nitrogens with zero attached hydrogens (tertiary/aromatic N) is 6. The Hall–Kier alpha value is -11.2. The smallest absolute Gasteiger partial charge is 0.351 e. The van der Waals surface area contributed by atoms with E-state index in [4.69, 9.17) is 13.9 Å². The van der Waals surface area contributed by atoms with E-state index in [-0.39, 0.29) is 72.9 Å². The van der Waals surface area contributed by atoms with Crippen molar-refractivity contribution in [3.05, 3.63) is 165 Å². The molecule has 12 N–H and O–H groups in total. The predicted molar refractivity (Wildman–Crippen MR) is 308 cm³/mol. The summed E-state index contributed by atoms with van der Waals surface area (Å²) in [4.78, 5) is 170. The van der Waals surface area contributed by atoms with Crippen molar-refractivity contribution < 1.29 is 71.8 Å². The van der Waals surface area contributed by atoms with Gasteiger partial charge in [0, 0.05) is 10.9 Å². The molecule has 3 atom stereocenters. The molecule has 448 valence electrons. The van der Waals surface area contributed by atoms with E-state index in [0.717, 1.165) is 46.5 Å². The minimum atomic E-state index is -1.63. The van der Waals surface area contributed by atoms with Crippen LogP contribution in [0.25, 0.3) is 33.4 Å². The Balaban J connectivity index is 1.16. The van der Waals surface area contributed by atoms with Crippen LogP contribution in [0.15, 0.2) is 125 Å². The zero-order valence-corrected chi connectivity index (χ0v) is 48.1. The third-order valence-electron chi connectivity index (χ3n) is 11.4. The molecule has 0 saturated heterocycles. The Bertz CT molecular complexity index is 3970. The molecule has 6 aromatic rings. The van der Waals surface area contributed by atoms with Crippen LogP contribution in [-0.2, 0) is 35.3 Å². The molecule has 0 radical (unpaired) electrons. The molecule has 34 heteroatoms. The van der Waals surface area contributed by atoms with Crippen molar-refractivity contribution in [3.63, 3.8) is 0 Å². The van der Waals surface area contributed by atoms with Crippen LogP contribution in [0.4, 0.5) is 0 Å². The number of amides is 10. The summed E-state index contributed by atoms with van der Waals surface area (Å²) in [5, 5.41) is 45.1. The van der Waals surface area contributed by atoms with E-state index in [1.807, 2.05) is 10.6 Å². The molecule has 0 spiro atoms. The van der Waals surface area contributed by atoms with Gasteiger partial charge in [-0.25, -0.2) is 34.7 Å². The van der Waals surface area contributed by atoms with Gasteiger partial charge in [-0.3, -0.25) is 47.9 Å². The lowest BCUT2D eigenvalue weighted by molar-refractivity contribution is -0.134. The Morgan fingerprint density at radius 1 is 0.736 bits per heavy atom. The SMILES string of the molecule is C=C(NC(=O)C(=C)NC(=O)C(=C)NC(=O)C(=C)NC(=O)c1ccc2c(n1)-c1coc(n1)C(=C)NC(=O)C(=C)NC(=O)c1cnc(s1)C(C)NC(=O)c1cnc(s1)CNC(=O)c1cnc(o1)C(=CCC)NC(=O)C(C(C)O)NC(=O)c1csc-2n1)C(=O)O. The highest BCUT2D eigenvalue weighted by molar-refractivity contribution is 7.14. The highest BCUT2D eigenvalue weighted by Gasteiger charge is 2.31. The van der Waals surface area contributed by atoms with Gasteiger partial charge in [0.25, 0.3) is 53.2 Å². The number of carboxylic acid groups (broad SMARTS) is 1. The van der Waals surface area contributed by atoms with Crippen LogP contribution in [0, 0.1) is 0 Å². The number of carboxylic acids is 1. The Morgan fingerprint density at radius 2 is 1.38 bits per heavy atom. The van der Waals surface area contributed by atoms with Crippen molar-refractivity contribution in [1.29, 1.82) is 0 Å². The molecule has 7 rings (SSSR count). The highest BCUT2D eigenvalue weighted by atomic mass is 32.1. The van der Waals surface area contributed by atoms with Gasteiger partial charge in [0.05, 0.1) is 65.8 Å². The summed E-state index contributed by atoms with van der Waals surface area (Å²) in [5.41, 5.74) is -4.35. The second kappa shape index (κ2) is 27.4. The number of aliphatic hydroxyl groups excluding tert-OH is 1. The van der Waals surface area contributed by atoms with Crippen LogP contribution >= 0.6 is 34.0 Å². The number of aliphatic hydroxyl groups is 1. The van der Waals surface area contributed by atoms with Crippen molar-refractivity contribution >= 4 is 110 Å². The molecule has 10 bridgehead atoms.